The lowest BCUT2D eigenvalue weighted by atomic mass is 9.92. The minimum atomic E-state index is -4.42. The van der Waals surface area contributed by atoms with E-state index in [1.165, 1.54) is 0 Å². The fourth-order valence-electron chi connectivity index (χ4n) is 2.61. The van der Waals surface area contributed by atoms with Gasteiger partial charge in [0, 0.05) is 6.04 Å². The molecule has 20 heavy (non-hydrogen) atoms. The third-order valence-corrected chi connectivity index (χ3v) is 3.62. The average Bonchev–Trinajstić information content (AvgIpc) is 2.67. The van der Waals surface area contributed by atoms with Crippen molar-refractivity contribution >= 4 is 11.6 Å². The van der Waals surface area contributed by atoms with Crippen LogP contribution in [0, 0.1) is 5.41 Å². The van der Waals surface area contributed by atoms with Crippen molar-refractivity contribution in [1.82, 2.24) is 4.98 Å². The zero-order chi connectivity index (χ0) is 15.0. The normalized spacial score (nSPS) is 21.8. The quantitative estimate of drug-likeness (QED) is 0.589. The number of hydrogen-bond donors (Lipinski definition) is 3. The molecule has 0 spiro atoms. The standard InChI is InChI=1S/C13H19F3N4/c1-12(2)4-3-9(7-12)18-10-5-8(13(14,15)16)6-11(19-10)20-17/h5-6,9H,3-4,7,17H2,1-2H3,(H2,18,19,20). The molecule has 1 aromatic rings. The molecule has 4 N–H and O–H groups in total. The molecule has 0 radical (unpaired) electrons. The number of hydrazine groups is 1. The second-order valence-corrected chi connectivity index (χ2v) is 6.02. The van der Waals surface area contributed by atoms with Crippen LogP contribution in [0.5, 0.6) is 0 Å². The number of pyridine rings is 1. The van der Waals surface area contributed by atoms with E-state index in [1.54, 1.807) is 0 Å². The molecule has 1 aliphatic rings. The summed E-state index contributed by atoms with van der Waals surface area (Å²) in [7, 11) is 0. The van der Waals surface area contributed by atoms with Gasteiger partial charge in [-0.1, -0.05) is 13.8 Å². The summed E-state index contributed by atoms with van der Waals surface area (Å²) in [6, 6.07) is 2.06. The van der Waals surface area contributed by atoms with Crippen molar-refractivity contribution < 1.29 is 13.2 Å². The van der Waals surface area contributed by atoms with Gasteiger partial charge in [0.05, 0.1) is 5.56 Å². The predicted octanol–water partition coefficient (Wildman–Crippen LogP) is 3.38. The van der Waals surface area contributed by atoms with Crippen molar-refractivity contribution in [3.63, 3.8) is 0 Å². The van der Waals surface area contributed by atoms with Crippen molar-refractivity contribution in [2.45, 2.75) is 45.3 Å². The number of nitrogens with zero attached hydrogens (tertiary/aromatic N) is 1. The largest absolute Gasteiger partial charge is 0.416 e. The van der Waals surface area contributed by atoms with Gasteiger partial charge in [0.1, 0.15) is 11.6 Å². The van der Waals surface area contributed by atoms with Gasteiger partial charge in [-0.25, -0.2) is 10.8 Å². The first-order chi connectivity index (χ1) is 9.19. The average molecular weight is 288 g/mol. The van der Waals surface area contributed by atoms with Gasteiger partial charge in [-0.05, 0) is 36.8 Å². The van der Waals surface area contributed by atoms with Crippen LogP contribution in [-0.4, -0.2) is 11.0 Å². The Bertz CT molecular complexity index is 485. The molecule has 112 valence electrons. The van der Waals surface area contributed by atoms with E-state index < -0.39 is 11.7 Å². The third kappa shape index (κ3) is 3.53. The van der Waals surface area contributed by atoms with Crippen molar-refractivity contribution in [1.29, 1.82) is 0 Å². The van der Waals surface area contributed by atoms with E-state index in [0.29, 0.717) is 0 Å². The Balaban J connectivity index is 2.19. The van der Waals surface area contributed by atoms with Crippen LogP contribution < -0.4 is 16.6 Å². The third-order valence-electron chi connectivity index (χ3n) is 3.62. The fraction of sp³-hybridized carbons (Fsp3) is 0.615. The van der Waals surface area contributed by atoms with E-state index in [9.17, 15) is 13.2 Å². The van der Waals surface area contributed by atoms with Crippen molar-refractivity contribution in [3.05, 3.63) is 17.7 Å². The molecular formula is C13H19F3N4. The number of anilines is 2. The highest BCUT2D eigenvalue weighted by molar-refractivity contribution is 5.49. The maximum Gasteiger partial charge on any atom is 0.416 e. The van der Waals surface area contributed by atoms with Gasteiger partial charge in [-0.2, -0.15) is 13.2 Å². The Labute approximate surface area is 115 Å². The number of halogens is 3. The molecule has 0 saturated heterocycles. The highest BCUT2D eigenvalue weighted by Gasteiger charge is 2.33. The van der Waals surface area contributed by atoms with Crippen LogP contribution in [0.4, 0.5) is 24.8 Å². The minimum absolute atomic E-state index is 0.000387. The molecular weight excluding hydrogens is 269 g/mol. The van der Waals surface area contributed by atoms with Crippen LogP contribution in [-0.2, 0) is 6.18 Å². The molecule has 1 fully saturated rings. The molecule has 1 aliphatic carbocycles. The Morgan fingerprint density at radius 1 is 1.30 bits per heavy atom. The SMILES string of the molecule is CC1(C)CCC(Nc2cc(C(F)(F)F)cc(NN)n2)C1. The van der Waals surface area contributed by atoms with E-state index in [2.05, 4.69) is 29.6 Å². The number of nitrogens with two attached hydrogens (primary N) is 1. The molecule has 1 heterocycles. The van der Waals surface area contributed by atoms with Crippen molar-refractivity contribution in [3.8, 4) is 0 Å². The summed E-state index contributed by atoms with van der Waals surface area (Å²) in [6.07, 6.45) is -1.53. The van der Waals surface area contributed by atoms with Crippen LogP contribution >= 0.6 is 0 Å². The first-order valence-electron chi connectivity index (χ1n) is 6.52. The Hall–Kier alpha value is -1.50. The molecule has 0 aliphatic heterocycles. The number of rotatable bonds is 3. The topological polar surface area (TPSA) is 63.0 Å². The number of hydrogen-bond acceptors (Lipinski definition) is 4. The minimum Gasteiger partial charge on any atom is -0.367 e. The van der Waals surface area contributed by atoms with Gasteiger partial charge in [0.15, 0.2) is 0 Å². The van der Waals surface area contributed by atoms with Crippen LogP contribution in [0.15, 0.2) is 12.1 Å². The van der Waals surface area contributed by atoms with Crippen LogP contribution in [0.25, 0.3) is 0 Å². The maximum absolute atomic E-state index is 12.8. The molecule has 7 heteroatoms. The van der Waals surface area contributed by atoms with Crippen LogP contribution in [0.3, 0.4) is 0 Å². The monoisotopic (exact) mass is 288 g/mol. The molecule has 0 aromatic carbocycles. The zero-order valence-corrected chi connectivity index (χ0v) is 11.5. The van der Waals surface area contributed by atoms with Gasteiger partial charge in [-0.15, -0.1) is 0 Å². The second-order valence-electron chi connectivity index (χ2n) is 6.02. The number of nitrogen functional groups attached to an aromatic ring is 1. The molecule has 2 rings (SSSR count). The second kappa shape index (κ2) is 5.12. The van der Waals surface area contributed by atoms with Crippen LogP contribution in [0.1, 0.15) is 38.7 Å². The number of aromatic nitrogens is 1. The summed E-state index contributed by atoms with van der Waals surface area (Å²) < 4.78 is 38.4. The summed E-state index contributed by atoms with van der Waals surface area (Å²) in [5.74, 6) is 5.38. The first-order valence-corrected chi connectivity index (χ1v) is 6.52. The lowest BCUT2D eigenvalue weighted by Gasteiger charge is -2.19. The molecule has 4 nitrogen and oxygen atoms in total. The van der Waals surface area contributed by atoms with E-state index in [-0.39, 0.29) is 23.1 Å². The summed E-state index contributed by atoms with van der Waals surface area (Å²) in [4.78, 5) is 4.03. The lowest BCUT2D eigenvalue weighted by molar-refractivity contribution is -0.137. The number of alkyl halides is 3. The summed E-state index contributed by atoms with van der Waals surface area (Å²) in [5, 5.41) is 3.08. The molecule has 1 aromatic heterocycles. The smallest absolute Gasteiger partial charge is 0.367 e. The van der Waals surface area contributed by atoms with Gasteiger partial charge < -0.3 is 10.7 Å². The molecule has 1 unspecified atom stereocenters. The van der Waals surface area contributed by atoms with E-state index in [4.69, 9.17) is 5.84 Å². The summed E-state index contributed by atoms with van der Waals surface area (Å²) in [6.45, 7) is 4.31. The Morgan fingerprint density at radius 3 is 2.45 bits per heavy atom. The predicted molar refractivity (Wildman–Crippen MR) is 72.1 cm³/mol. The summed E-state index contributed by atoms with van der Waals surface area (Å²) in [5.41, 5.74) is 1.62. The Morgan fingerprint density at radius 2 is 1.95 bits per heavy atom. The van der Waals surface area contributed by atoms with Gasteiger partial charge in [0.25, 0.3) is 0 Å². The molecule has 1 saturated carbocycles. The zero-order valence-electron chi connectivity index (χ0n) is 11.5. The number of nitrogens with one attached hydrogen (secondary N) is 2. The molecule has 0 amide bonds. The van der Waals surface area contributed by atoms with Crippen molar-refractivity contribution in [2.75, 3.05) is 10.7 Å². The Kier molecular flexibility index (Phi) is 3.82. The fourth-order valence-corrected chi connectivity index (χ4v) is 2.61. The van der Waals surface area contributed by atoms with E-state index >= 15 is 0 Å². The maximum atomic E-state index is 12.8. The lowest BCUT2D eigenvalue weighted by Crippen LogP contribution is -2.20. The highest BCUT2D eigenvalue weighted by atomic mass is 19.4. The summed E-state index contributed by atoms with van der Waals surface area (Å²) >= 11 is 0. The van der Waals surface area contributed by atoms with Crippen molar-refractivity contribution in [2.24, 2.45) is 11.3 Å². The van der Waals surface area contributed by atoms with Gasteiger partial charge in [-0.3, -0.25) is 0 Å². The van der Waals surface area contributed by atoms with E-state index in [0.717, 1.165) is 31.4 Å². The molecule has 0 bridgehead atoms. The molecule has 1 atom stereocenters. The van der Waals surface area contributed by atoms with Gasteiger partial charge >= 0.3 is 6.18 Å². The highest BCUT2D eigenvalue weighted by Crippen LogP contribution is 2.39. The van der Waals surface area contributed by atoms with Crippen LogP contribution in [0.2, 0.25) is 0 Å². The first kappa shape index (κ1) is 14.9. The van der Waals surface area contributed by atoms with E-state index in [1.807, 2.05) is 0 Å². The van der Waals surface area contributed by atoms with Gasteiger partial charge in [0.2, 0.25) is 0 Å².